The van der Waals surface area contributed by atoms with Crippen molar-refractivity contribution >= 4 is 56.2 Å². The molecule has 0 aliphatic carbocycles. The van der Waals surface area contributed by atoms with Gasteiger partial charge in [0.2, 0.25) is 10.0 Å². The van der Waals surface area contributed by atoms with E-state index in [1.807, 2.05) is 61.7 Å². The van der Waals surface area contributed by atoms with Crippen LogP contribution in [0.15, 0.2) is 88.9 Å². The van der Waals surface area contributed by atoms with Gasteiger partial charge in [-0.1, -0.05) is 79.7 Å². The zero-order valence-corrected chi connectivity index (χ0v) is 25.9. The van der Waals surface area contributed by atoms with E-state index in [0.717, 1.165) is 5.56 Å². The van der Waals surface area contributed by atoms with Crippen molar-refractivity contribution in [3.63, 3.8) is 0 Å². The molecule has 39 heavy (non-hydrogen) atoms. The van der Waals surface area contributed by atoms with Crippen molar-refractivity contribution in [2.75, 3.05) is 18.8 Å². The number of hydrogen-bond donors (Lipinski definition) is 0. The maximum atomic E-state index is 13.2. The van der Waals surface area contributed by atoms with Crippen molar-refractivity contribution in [1.29, 1.82) is 0 Å². The summed E-state index contributed by atoms with van der Waals surface area (Å²) in [7, 11) is -3.65. The van der Waals surface area contributed by atoms with Crippen molar-refractivity contribution in [1.82, 2.24) is 19.1 Å². The highest BCUT2D eigenvalue weighted by atomic mass is 79.9. The Balaban J connectivity index is 0.00000420. The summed E-state index contributed by atoms with van der Waals surface area (Å²) in [5, 5.41) is 10.0. The maximum Gasteiger partial charge on any atom is 0.243 e. The lowest BCUT2D eigenvalue weighted by molar-refractivity contribution is 0.102. The number of thioether (sulfide) groups is 1. The van der Waals surface area contributed by atoms with E-state index in [1.165, 1.54) is 16.1 Å². The van der Waals surface area contributed by atoms with Crippen molar-refractivity contribution in [2.24, 2.45) is 0 Å². The Morgan fingerprint density at radius 2 is 1.64 bits per heavy atom. The number of sulfonamides is 1. The van der Waals surface area contributed by atoms with E-state index in [1.54, 1.807) is 42.5 Å². The molecule has 0 fully saturated rings. The Bertz CT molecular complexity index is 1510. The number of carbonyl (C=O) groups is 1. The van der Waals surface area contributed by atoms with Crippen molar-refractivity contribution in [3.05, 3.63) is 95.0 Å². The van der Waals surface area contributed by atoms with E-state index in [9.17, 15) is 13.2 Å². The molecular formula is C28H30BrClN4O3S2. The quantitative estimate of drug-likeness (QED) is 0.131. The van der Waals surface area contributed by atoms with Gasteiger partial charge in [0.1, 0.15) is 0 Å². The second-order valence-electron chi connectivity index (χ2n) is 8.60. The van der Waals surface area contributed by atoms with Crippen LogP contribution in [0.3, 0.4) is 0 Å². The van der Waals surface area contributed by atoms with Crippen LogP contribution in [0.2, 0.25) is 5.02 Å². The first kappa shape index (κ1) is 31.0. The standard InChI is InChI=1S/C28H29ClN4O3S2.BrH/c1-4-32(5-2)38(35,36)25-13-9-12-23(18-25)27-30-31-28(33(27)20(3)21-10-7-6-8-11-21)37-19-26(34)22-14-16-24(29)17-15-22;/h6-18,20H,4-5,19H2,1-3H3;1H. The molecule has 1 atom stereocenters. The Hall–Kier alpha value is -2.50. The van der Waals surface area contributed by atoms with Gasteiger partial charge in [-0.15, -0.1) is 27.2 Å². The van der Waals surface area contributed by atoms with Gasteiger partial charge in [-0.2, -0.15) is 4.31 Å². The molecule has 0 saturated heterocycles. The molecule has 1 aromatic heterocycles. The average molecular weight is 650 g/mol. The van der Waals surface area contributed by atoms with E-state index >= 15 is 0 Å². The molecule has 0 saturated carbocycles. The van der Waals surface area contributed by atoms with Gasteiger partial charge in [-0.3, -0.25) is 9.36 Å². The lowest BCUT2D eigenvalue weighted by Gasteiger charge is -2.20. The highest BCUT2D eigenvalue weighted by Crippen LogP contribution is 2.32. The van der Waals surface area contributed by atoms with E-state index in [4.69, 9.17) is 11.6 Å². The molecule has 0 amide bonds. The van der Waals surface area contributed by atoms with Gasteiger partial charge in [0.15, 0.2) is 16.8 Å². The minimum absolute atomic E-state index is 0. The highest BCUT2D eigenvalue weighted by molar-refractivity contribution is 8.93. The minimum Gasteiger partial charge on any atom is -0.295 e. The number of hydrogen-bond acceptors (Lipinski definition) is 6. The lowest BCUT2D eigenvalue weighted by atomic mass is 10.1. The lowest BCUT2D eigenvalue weighted by Crippen LogP contribution is -2.30. The molecule has 0 radical (unpaired) electrons. The average Bonchev–Trinajstić information content (AvgIpc) is 3.36. The van der Waals surface area contributed by atoms with Crippen LogP contribution in [0, 0.1) is 0 Å². The Kier molecular flexibility index (Phi) is 10.9. The van der Waals surface area contributed by atoms with Gasteiger partial charge in [-0.25, -0.2) is 8.42 Å². The molecule has 3 aromatic carbocycles. The zero-order valence-electron chi connectivity index (χ0n) is 21.8. The molecule has 0 aliphatic rings. The van der Waals surface area contributed by atoms with E-state index in [2.05, 4.69) is 10.2 Å². The zero-order chi connectivity index (χ0) is 27.3. The Morgan fingerprint density at radius 3 is 2.28 bits per heavy atom. The summed E-state index contributed by atoms with van der Waals surface area (Å²) in [5.41, 5.74) is 2.23. The second kappa shape index (κ2) is 13.7. The van der Waals surface area contributed by atoms with Crippen LogP contribution >= 0.6 is 40.3 Å². The summed E-state index contributed by atoms with van der Waals surface area (Å²) in [6.45, 7) is 6.43. The highest BCUT2D eigenvalue weighted by Gasteiger charge is 2.25. The predicted molar refractivity (Wildman–Crippen MR) is 163 cm³/mol. The molecule has 0 N–H and O–H groups in total. The molecule has 0 aliphatic heterocycles. The van der Waals surface area contributed by atoms with E-state index in [-0.39, 0.29) is 39.5 Å². The summed E-state index contributed by atoms with van der Waals surface area (Å²) in [4.78, 5) is 13.0. The number of ketones is 1. The van der Waals surface area contributed by atoms with Crippen molar-refractivity contribution < 1.29 is 13.2 Å². The van der Waals surface area contributed by atoms with Crippen LogP contribution in [0.5, 0.6) is 0 Å². The van der Waals surface area contributed by atoms with Crippen LogP contribution in [0.25, 0.3) is 11.4 Å². The molecule has 0 bridgehead atoms. The SMILES string of the molecule is Br.CCN(CC)S(=O)(=O)c1cccc(-c2nnc(SCC(=O)c3ccc(Cl)cc3)n2C(C)c2ccccc2)c1. The first-order valence-corrected chi connectivity index (χ1v) is 15.1. The fourth-order valence-electron chi connectivity index (χ4n) is 4.16. The van der Waals surface area contributed by atoms with Gasteiger partial charge in [0.25, 0.3) is 0 Å². The number of halogens is 2. The summed E-state index contributed by atoms with van der Waals surface area (Å²) in [5.74, 6) is 0.638. The molecule has 1 heterocycles. The van der Waals surface area contributed by atoms with Crippen LogP contribution in [0.1, 0.15) is 42.7 Å². The van der Waals surface area contributed by atoms with Crippen LogP contribution in [0.4, 0.5) is 0 Å². The molecule has 206 valence electrons. The Labute approximate surface area is 249 Å². The smallest absolute Gasteiger partial charge is 0.243 e. The topological polar surface area (TPSA) is 85.2 Å². The first-order valence-electron chi connectivity index (χ1n) is 12.3. The summed E-state index contributed by atoms with van der Waals surface area (Å²) in [6.07, 6.45) is 0. The summed E-state index contributed by atoms with van der Waals surface area (Å²) < 4.78 is 29.8. The summed E-state index contributed by atoms with van der Waals surface area (Å²) >= 11 is 7.25. The maximum absolute atomic E-state index is 13.2. The second-order valence-corrected chi connectivity index (χ2v) is 11.9. The van der Waals surface area contributed by atoms with Gasteiger partial charge < -0.3 is 0 Å². The van der Waals surface area contributed by atoms with Crippen LogP contribution in [-0.4, -0.2) is 52.1 Å². The fraction of sp³-hybridized carbons (Fsp3) is 0.250. The fourth-order valence-corrected chi connectivity index (χ4v) is 6.70. The van der Waals surface area contributed by atoms with Crippen molar-refractivity contribution in [3.8, 4) is 11.4 Å². The Morgan fingerprint density at radius 1 is 0.974 bits per heavy atom. The van der Waals surface area contributed by atoms with Gasteiger partial charge in [-0.05, 0) is 48.9 Å². The monoisotopic (exact) mass is 648 g/mol. The third-order valence-corrected chi connectivity index (χ3v) is 9.51. The van der Waals surface area contributed by atoms with Gasteiger partial charge >= 0.3 is 0 Å². The van der Waals surface area contributed by atoms with Crippen molar-refractivity contribution in [2.45, 2.75) is 36.9 Å². The number of nitrogens with zero attached hydrogens (tertiary/aromatic N) is 4. The number of carbonyl (C=O) groups excluding carboxylic acids is 1. The molecule has 0 spiro atoms. The van der Waals surface area contributed by atoms with Gasteiger partial charge in [0, 0.05) is 29.2 Å². The summed E-state index contributed by atoms with van der Waals surface area (Å²) in [6, 6.07) is 23.3. The minimum atomic E-state index is -3.65. The molecular weight excluding hydrogens is 620 g/mol. The van der Waals surface area contributed by atoms with Crippen LogP contribution < -0.4 is 0 Å². The molecule has 4 rings (SSSR count). The predicted octanol–water partition coefficient (Wildman–Crippen LogP) is 6.79. The number of aromatic nitrogens is 3. The molecule has 1 unspecified atom stereocenters. The van der Waals surface area contributed by atoms with Gasteiger partial charge in [0.05, 0.1) is 16.7 Å². The number of benzene rings is 3. The third-order valence-electron chi connectivity index (χ3n) is 6.27. The first-order chi connectivity index (χ1) is 18.3. The van der Waals surface area contributed by atoms with E-state index < -0.39 is 10.0 Å². The third kappa shape index (κ3) is 6.99. The van der Waals surface area contributed by atoms with E-state index in [0.29, 0.717) is 40.2 Å². The largest absolute Gasteiger partial charge is 0.295 e. The normalized spacial score (nSPS) is 12.2. The van der Waals surface area contributed by atoms with Crippen LogP contribution in [-0.2, 0) is 10.0 Å². The number of rotatable bonds is 11. The molecule has 4 aromatic rings. The molecule has 11 heteroatoms. The molecule has 7 nitrogen and oxygen atoms in total. The number of Topliss-reactive ketones (excluding diaryl/α,β-unsaturated/α-hetero) is 1.